The van der Waals surface area contributed by atoms with Crippen molar-refractivity contribution in [2.75, 3.05) is 12.4 Å². The number of carbonyl (C=O) groups is 1. The predicted molar refractivity (Wildman–Crippen MR) is 93.8 cm³/mol. The molecule has 0 bridgehead atoms. The van der Waals surface area contributed by atoms with Gasteiger partial charge < -0.3 is 10.1 Å². The molecule has 0 radical (unpaired) electrons. The lowest BCUT2D eigenvalue weighted by Gasteiger charge is -2.09. The monoisotopic (exact) mass is 396 g/mol. The Morgan fingerprint density at radius 2 is 1.86 bits per heavy atom. The number of nitrogens with one attached hydrogen (secondary N) is 1. The summed E-state index contributed by atoms with van der Waals surface area (Å²) in [6, 6.07) is 7.20. The van der Waals surface area contributed by atoms with Crippen molar-refractivity contribution in [1.29, 1.82) is 0 Å². The van der Waals surface area contributed by atoms with Crippen molar-refractivity contribution in [2.45, 2.75) is 26.3 Å². The maximum absolute atomic E-state index is 13.3. The van der Waals surface area contributed by atoms with Crippen LogP contribution >= 0.6 is 0 Å². The smallest absolute Gasteiger partial charge is 0.280 e. The molecule has 1 aromatic carbocycles. The van der Waals surface area contributed by atoms with Crippen LogP contribution in [0.1, 0.15) is 29.8 Å². The van der Waals surface area contributed by atoms with Crippen LogP contribution in [0, 0.1) is 6.92 Å². The van der Waals surface area contributed by atoms with Gasteiger partial charge in [-0.25, -0.2) is 27.2 Å². The van der Waals surface area contributed by atoms with Crippen molar-refractivity contribution in [3.63, 3.8) is 0 Å². The number of hydrogen-bond donors (Lipinski definition) is 1. The number of aromatic nitrogens is 3. The maximum Gasteiger partial charge on any atom is 0.280 e. The number of alkyl halides is 4. The van der Waals surface area contributed by atoms with E-state index in [0.717, 1.165) is 4.68 Å². The highest BCUT2D eigenvalue weighted by Crippen LogP contribution is 2.32. The van der Waals surface area contributed by atoms with Gasteiger partial charge >= 0.3 is 0 Å². The molecule has 3 rings (SSSR count). The van der Waals surface area contributed by atoms with Gasteiger partial charge in [0, 0.05) is 11.3 Å². The number of aryl methyl sites for hydroxylation is 1. The molecule has 2 aromatic heterocycles. The second-order valence-electron chi connectivity index (χ2n) is 5.96. The van der Waals surface area contributed by atoms with Crippen molar-refractivity contribution in [1.82, 2.24) is 14.8 Å². The number of ether oxygens (including phenoxy) is 1. The Morgan fingerprint density at radius 1 is 1.18 bits per heavy atom. The third-order valence-corrected chi connectivity index (χ3v) is 4.05. The molecule has 0 fully saturated rings. The average molecular weight is 396 g/mol. The lowest BCUT2D eigenvalue weighted by Crippen LogP contribution is -2.20. The van der Waals surface area contributed by atoms with Crippen LogP contribution in [0.4, 0.5) is 23.2 Å². The zero-order valence-electron chi connectivity index (χ0n) is 14.9. The molecule has 6 nitrogen and oxygen atoms in total. The molecule has 0 atom stereocenters. The fourth-order valence-corrected chi connectivity index (χ4v) is 2.81. The first-order valence-corrected chi connectivity index (χ1v) is 8.18. The molecule has 0 saturated heterocycles. The molecule has 0 aliphatic heterocycles. The Kier molecular flexibility index (Phi) is 5.48. The molecule has 0 saturated carbocycles. The molecular weight excluding hydrogens is 380 g/mol. The highest BCUT2D eigenvalue weighted by atomic mass is 19.3. The zero-order chi connectivity index (χ0) is 20.4. The van der Waals surface area contributed by atoms with Crippen molar-refractivity contribution in [3.05, 3.63) is 47.3 Å². The van der Waals surface area contributed by atoms with E-state index >= 15 is 0 Å². The van der Waals surface area contributed by atoms with Crippen LogP contribution < -0.4 is 10.1 Å². The SMILES string of the molecule is COc1ccc(NC(=O)Cn2nc(C)c3c(C(F)F)cc(C(F)F)nc32)cc1. The summed E-state index contributed by atoms with van der Waals surface area (Å²) >= 11 is 0. The van der Waals surface area contributed by atoms with Crippen LogP contribution in [-0.2, 0) is 11.3 Å². The third kappa shape index (κ3) is 3.90. The molecule has 0 aliphatic carbocycles. The maximum atomic E-state index is 13.3. The average Bonchev–Trinajstić information content (AvgIpc) is 2.97. The Labute approximate surface area is 157 Å². The second kappa shape index (κ2) is 7.83. The Bertz CT molecular complexity index is 1000. The first kappa shape index (κ1) is 19.6. The standard InChI is InChI=1S/C18H16F4N4O2/c1-9-15-12(16(19)20)7-13(17(21)22)24-18(15)26(25-9)8-14(27)23-10-3-5-11(28-2)6-4-10/h3-7,16-17H,8H2,1-2H3,(H,23,27). The van der Waals surface area contributed by atoms with E-state index in [4.69, 9.17) is 4.74 Å². The number of benzene rings is 1. The molecule has 148 valence electrons. The predicted octanol–water partition coefficient (Wildman–Crippen LogP) is 4.26. The van der Waals surface area contributed by atoms with Crippen LogP contribution in [-0.4, -0.2) is 27.8 Å². The second-order valence-corrected chi connectivity index (χ2v) is 5.96. The van der Waals surface area contributed by atoms with Gasteiger partial charge in [-0.05, 0) is 37.3 Å². The summed E-state index contributed by atoms with van der Waals surface area (Å²) in [4.78, 5) is 16.0. The minimum atomic E-state index is -3.03. The van der Waals surface area contributed by atoms with Gasteiger partial charge in [0.2, 0.25) is 5.91 Å². The van der Waals surface area contributed by atoms with Crippen LogP contribution in [0.3, 0.4) is 0 Å². The van der Waals surface area contributed by atoms with Crippen LogP contribution in [0.25, 0.3) is 11.0 Å². The minimum Gasteiger partial charge on any atom is -0.497 e. The normalized spacial score (nSPS) is 11.4. The molecule has 28 heavy (non-hydrogen) atoms. The Balaban J connectivity index is 1.92. The Hall–Kier alpha value is -3.17. The van der Waals surface area contributed by atoms with Crippen LogP contribution in [0.2, 0.25) is 0 Å². The molecule has 2 heterocycles. The van der Waals surface area contributed by atoms with Gasteiger partial charge in [0.25, 0.3) is 12.9 Å². The number of pyridine rings is 1. The summed E-state index contributed by atoms with van der Waals surface area (Å²) in [5, 5.41) is 6.62. The van der Waals surface area contributed by atoms with E-state index in [0.29, 0.717) is 17.5 Å². The van der Waals surface area contributed by atoms with Crippen molar-refractivity contribution < 1.29 is 27.1 Å². The topological polar surface area (TPSA) is 69.0 Å². The number of fused-ring (bicyclic) bond motifs is 1. The van der Waals surface area contributed by atoms with E-state index in [1.165, 1.54) is 14.0 Å². The fraction of sp³-hybridized carbons (Fsp3) is 0.278. The molecule has 0 aliphatic rings. The first-order chi connectivity index (χ1) is 13.3. The van der Waals surface area contributed by atoms with Gasteiger partial charge in [-0.3, -0.25) is 4.79 Å². The van der Waals surface area contributed by atoms with Gasteiger partial charge in [-0.2, -0.15) is 5.10 Å². The number of amides is 1. The minimum absolute atomic E-state index is 0.0309. The number of anilines is 1. The zero-order valence-corrected chi connectivity index (χ0v) is 14.9. The summed E-state index contributed by atoms with van der Waals surface area (Å²) in [6.45, 7) is 1.08. The summed E-state index contributed by atoms with van der Waals surface area (Å²) in [7, 11) is 1.51. The number of rotatable bonds is 6. The van der Waals surface area contributed by atoms with E-state index in [1.807, 2.05) is 0 Å². The molecule has 0 spiro atoms. The number of methoxy groups -OCH3 is 1. The quantitative estimate of drug-likeness (QED) is 0.632. The summed E-state index contributed by atoms with van der Waals surface area (Å²) < 4.78 is 58.9. The third-order valence-electron chi connectivity index (χ3n) is 4.05. The fourth-order valence-electron chi connectivity index (χ4n) is 2.81. The van der Waals surface area contributed by atoms with Gasteiger partial charge in [0.05, 0.1) is 18.2 Å². The van der Waals surface area contributed by atoms with E-state index in [2.05, 4.69) is 15.4 Å². The van der Waals surface area contributed by atoms with Gasteiger partial charge in [-0.15, -0.1) is 0 Å². The summed E-state index contributed by atoms with van der Waals surface area (Å²) in [5.41, 5.74) is -0.904. The molecule has 3 aromatic rings. The molecule has 10 heteroatoms. The first-order valence-electron chi connectivity index (χ1n) is 8.18. The molecule has 1 N–H and O–H groups in total. The lowest BCUT2D eigenvalue weighted by atomic mass is 10.1. The van der Waals surface area contributed by atoms with E-state index in [9.17, 15) is 22.4 Å². The number of carbonyl (C=O) groups excluding carboxylic acids is 1. The largest absolute Gasteiger partial charge is 0.497 e. The summed E-state index contributed by atoms with van der Waals surface area (Å²) in [6.07, 6.45) is -6.01. The number of nitrogens with zero attached hydrogens (tertiary/aromatic N) is 3. The molecular formula is C18H16F4N4O2. The van der Waals surface area contributed by atoms with E-state index in [1.54, 1.807) is 24.3 Å². The van der Waals surface area contributed by atoms with Crippen molar-refractivity contribution >= 4 is 22.6 Å². The lowest BCUT2D eigenvalue weighted by molar-refractivity contribution is -0.116. The Morgan fingerprint density at radius 3 is 2.43 bits per heavy atom. The van der Waals surface area contributed by atoms with Gasteiger partial charge in [0.1, 0.15) is 18.0 Å². The number of halogens is 4. The van der Waals surface area contributed by atoms with E-state index < -0.39 is 30.0 Å². The number of hydrogen-bond acceptors (Lipinski definition) is 4. The van der Waals surface area contributed by atoms with Crippen molar-refractivity contribution in [2.24, 2.45) is 0 Å². The molecule has 1 amide bonds. The molecule has 0 unspecified atom stereocenters. The summed E-state index contributed by atoms with van der Waals surface area (Å²) in [5.74, 6) is 0.0902. The highest BCUT2D eigenvalue weighted by molar-refractivity contribution is 5.92. The van der Waals surface area contributed by atoms with E-state index in [-0.39, 0.29) is 23.3 Å². The van der Waals surface area contributed by atoms with Gasteiger partial charge in [0.15, 0.2) is 5.65 Å². The van der Waals surface area contributed by atoms with Crippen LogP contribution in [0.5, 0.6) is 5.75 Å². The van der Waals surface area contributed by atoms with Gasteiger partial charge in [-0.1, -0.05) is 0 Å². The van der Waals surface area contributed by atoms with Crippen LogP contribution in [0.15, 0.2) is 30.3 Å². The van der Waals surface area contributed by atoms with Crippen molar-refractivity contribution in [3.8, 4) is 5.75 Å². The highest BCUT2D eigenvalue weighted by Gasteiger charge is 2.23.